The van der Waals surface area contributed by atoms with Crippen molar-refractivity contribution < 1.29 is 4.74 Å². The number of nitrogen functional groups attached to an aromatic ring is 1. The average Bonchev–Trinajstić information content (AvgIpc) is 3.81. The number of anilines is 1. The molecule has 0 bridgehead atoms. The minimum Gasteiger partial charge on any atom is -0.486 e. The zero-order valence-electron chi connectivity index (χ0n) is 32.2. The Balaban J connectivity index is 1.29. The first-order chi connectivity index (χ1) is 29.1. The lowest BCUT2D eigenvalue weighted by molar-refractivity contribution is 0.312. The van der Waals surface area contributed by atoms with Crippen molar-refractivity contribution in [3.63, 3.8) is 0 Å². The molecule has 10 rings (SSSR count). The molecule has 2 heterocycles. The Bertz CT molecular complexity index is 3190. The molecule has 0 unspecified atom stereocenters. The third-order valence-electron chi connectivity index (χ3n) is 10.9. The van der Waals surface area contributed by atoms with E-state index in [1.165, 1.54) is 5.56 Å². The molecule has 7 heteroatoms. The van der Waals surface area contributed by atoms with Gasteiger partial charge in [0.15, 0.2) is 5.75 Å². The van der Waals surface area contributed by atoms with Crippen LogP contribution in [0.1, 0.15) is 16.7 Å². The van der Waals surface area contributed by atoms with Gasteiger partial charge in [0.2, 0.25) is 5.96 Å². The molecule has 0 aliphatic carbocycles. The van der Waals surface area contributed by atoms with Crippen molar-refractivity contribution >= 4 is 61.1 Å². The Morgan fingerprint density at radius 2 is 1.17 bits per heavy atom. The Kier molecular flexibility index (Phi) is 9.16. The second-order valence-corrected chi connectivity index (χ2v) is 14.6. The summed E-state index contributed by atoms with van der Waals surface area (Å²) in [4.78, 5) is 10.4. The van der Waals surface area contributed by atoms with E-state index in [2.05, 4.69) is 118 Å². The maximum atomic E-state index is 6.87. The first-order valence-corrected chi connectivity index (χ1v) is 19.7. The van der Waals surface area contributed by atoms with Crippen LogP contribution in [0.5, 0.6) is 5.75 Å². The number of rotatable bonds is 8. The highest BCUT2D eigenvalue weighted by atomic mass is 16.5. The summed E-state index contributed by atoms with van der Waals surface area (Å²) in [7, 11) is 0. The average molecular weight is 765 g/mol. The highest BCUT2D eigenvalue weighted by molar-refractivity contribution is 6.22. The molecule has 7 nitrogen and oxygen atoms in total. The fourth-order valence-electron chi connectivity index (χ4n) is 8.12. The predicted octanol–water partition coefficient (Wildman–Crippen LogP) is 11.5. The normalized spacial score (nSPS) is 12.2. The number of aromatic nitrogens is 2. The molecule has 0 fully saturated rings. The van der Waals surface area contributed by atoms with E-state index in [0.717, 1.165) is 71.6 Å². The summed E-state index contributed by atoms with van der Waals surface area (Å²) in [6, 6.07) is 66.3. The van der Waals surface area contributed by atoms with E-state index in [0.29, 0.717) is 36.4 Å². The third-order valence-corrected chi connectivity index (χ3v) is 10.9. The number of fused-ring (bicyclic) bond motifs is 6. The molecule has 8 aromatic carbocycles. The number of hydrogen-bond acceptors (Lipinski definition) is 3. The molecule has 10 aromatic rings. The molecule has 2 aromatic heterocycles. The molecule has 0 radical (unpaired) electrons. The van der Waals surface area contributed by atoms with Gasteiger partial charge in [0.1, 0.15) is 12.4 Å². The predicted molar refractivity (Wildman–Crippen MR) is 245 cm³/mol. The number of benzene rings is 8. The third kappa shape index (κ3) is 6.54. The lowest BCUT2D eigenvalue weighted by Crippen LogP contribution is -2.20. The molecule has 0 aliphatic rings. The van der Waals surface area contributed by atoms with Crippen LogP contribution in [-0.2, 0) is 13.2 Å². The number of hydrogen-bond donors (Lipinski definition) is 2. The van der Waals surface area contributed by atoms with E-state index in [4.69, 9.17) is 26.2 Å². The van der Waals surface area contributed by atoms with Gasteiger partial charge in [-0.2, -0.15) is 4.99 Å². The number of nitrogens with two attached hydrogens (primary N) is 2. The fourth-order valence-corrected chi connectivity index (χ4v) is 8.12. The van der Waals surface area contributed by atoms with Gasteiger partial charge in [-0.05, 0) is 58.7 Å². The van der Waals surface area contributed by atoms with Crippen molar-refractivity contribution in [2.45, 2.75) is 13.2 Å². The highest BCUT2D eigenvalue weighted by Gasteiger charge is 2.25. The molecule has 0 saturated heterocycles. The van der Waals surface area contributed by atoms with E-state index >= 15 is 0 Å². The monoisotopic (exact) mass is 764 g/mol. The van der Waals surface area contributed by atoms with Crippen molar-refractivity contribution in [3.8, 4) is 22.6 Å². The minimum absolute atomic E-state index is 0.348. The summed E-state index contributed by atoms with van der Waals surface area (Å²) in [5.74, 6) is 1.39. The van der Waals surface area contributed by atoms with Crippen LogP contribution in [0.2, 0.25) is 0 Å². The van der Waals surface area contributed by atoms with Gasteiger partial charge in [0.25, 0.3) is 0 Å². The smallest absolute Gasteiger partial charge is 0.232 e. The Morgan fingerprint density at radius 1 is 0.542 bits per heavy atom. The number of ether oxygens (including phenoxy) is 1. The highest BCUT2D eigenvalue weighted by Crippen LogP contribution is 2.44. The van der Waals surface area contributed by atoms with E-state index < -0.39 is 0 Å². The standard InChI is InChI=1S/C52H40N6O/c53-43-29-31-46-48(50(43)59-34-36-18-7-2-8-19-36)41-25-15-27-47(57-44-26-14-13-24-40(44)42-32-39(28-30-45(42)57)37-20-9-3-10-21-37)49(41)58(46)52(55-33-35-16-5-1-6-17-35)56-51(54)38-22-11-4-12-23-38/h1-32H,33-34,53H2,(H2,54,55,56). The molecule has 0 saturated carbocycles. The van der Waals surface area contributed by atoms with E-state index in [1.807, 2.05) is 84.9 Å². The van der Waals surface area contributed by atoms with Gasteiger partial charge in [0.05, 0.1) is 45.4 Å². The lowest BCUT2D eigenvalue weighted by Gasteiger charge is -2.15. The maximum absolute atomic E-state index is 6.87. The van der Waals surface area contributed by atoms with Crippen LogP contribution in [0.4, 0.5) is 5.69 Å². The van der Waals surface area contributed by atoms with Crippen LogP contribution in [0.3, 0.4) is 0 Å². The van der Waals surface area contributed by atoms with Crippen LogP contribution < -0.4 is 16.2 Å². The van der Waals surface area contributed by atoms with Crippen molar-refractivity contribution in [1.82, 2.24) is 9.13 Å². The van der Waals surface area contributed by atoms with Crippen LogP contribution in [-0.4, -0.2) is 20.9 Å². The second-order valence-electron chi connectivity index (χ2n) is 14.6. The quantitative estimate of drug-likeness (QED) is 0.0916. The zero-order valence-corrected chi connectivity index (χ0v) is 32.2. The maximum Gasteiger partial charge on any atom is 0.232 e. The van der Waals surface area contributed by atoms with Crippen molar-refractivity contribution in [2.75, 3.05) is 5.73 Å². The van der Waals surface area contributed by atoms with Gasteiger partial charge in [-0.25, -0.2) is 4.99 Å². The SMILES string of the molecule is N/C(=N\C(=NCc1ccccc1)n1c2ccc(N)c(OCc3ccccc3)c2c2cccc(-n3c4ccccc4c4cc(-c5ccccc5)ccc43)c21)c1ccccc1. The first kappa shape index (κ1) is 35.5. The molecule has 0 amide bonds. The van der Waals surface area contributed by atoms with Crippen LogP contribution in [0, 0.1) is 0 Å². The van der Waals surface area contributed by atoms with Crippen LogP contribution in [0.15, 0.2) is 204 Å². The van der Waals surface area contributed by atoms with Gasteiger partial charge in [-0.15, -0.1) is 0 Å². The summed E-state index contributed by atoms with van der Waals surface area (Å²) in [6.07, 6.45) is 0. The van der Waals surface area contributed by atoms with Gasteiger partial charge in [-0.1, -0.05) is 158 Å². The number of para-hydroxylation sites is 2. The molecular formula is C52H40N6O. The Morgan fingerprint density at radius 3 is 1.93 bits per heavy atom. The van der Waals surface area contributed by atoms with Gasteiger partial charge in [-0.3, -0.25) is 4.57 Å². The summed E-state index contributed by atoms with van der Waals surface area (Å²) >= 11 is 0. The van der Waals surface area contributed by atoms with Gasteiger partial charge in [0, 0.05) is 21.7 Å². The first-order valence-electron chi connectivity index (χ1n) is 19.7. The topological polar surface area (TPSA) is 95.8 Å². The number of amidine groups is 1. The molecule has 0 aliphatic heterocycles. The number of aliphatic imine (C=N–C) groups is 2. The van der Waals surface area contributed by atoms with Crippen molar-refractivity contribution in [3.05, 3.63) is 211 Å². The molecule has 284 valence electrons. The molecule has 4 N–H and O–H groups in total. The molecule has 0 spiro atoms. The zero-order chi connectivity index (χ0) is 39.7. The van der Waals surface area contributed by atoms with Crippen molar-refractivity contribution in [2.24, 2.45) is 15.7 Å². The minimum atomic E-state index is 0.348. The summed E-state index contributed by atoms with van der Waals surface area (Å²) in [5, 5.41) is 4.12. The molecule has 59 heavy (non-hydrogen) atoms. The number of nitrogens with zero attached hydrogens (tertiary/aromatic N) is 4. The summed E-state index contributed by atoms with van der Waals surface area (Å²) < 4.78 is 11.2. The Hall–Kier alpha value is -7.90. The van der Waals surface area contributed by atoms with Crippen LogP contribution in [0.25, 0.3) is 60.4 Å². The Labute approximate surface area is 341 Å². The van der Waals surface area contributed by atoms with Gasteiger partial charge < -0.3 is 20.8 Å². The fraction of sp³-hybridized carbons (Fsp3) is 0.0385. The van der Waals surface area contributed by atoms with Crippen molar-refractivity contribution in [1.29, 1.82) is 0 Å². The largest absolute Gasteiger partial charge is 0.486 e. The molecule has 0 atom stereocenters. The van der Waals surface area contributed by atoms with Crippen LogP contribution >= 0.6 is 0 Å². The van der Waals surface area contributed by atoms with E-state index in [9.17, 15) is 0 Å². The summed E-state index contributed by atoms with van der Waals surface area (Å²) in [6.45, 7) is 0.732. The summed E-state index contributed by atoms with van der Waals surface area (Å²) in [5.41, 5.74) is 24.3. The second kappa shape index (κ2) is 15.2. The molecular weight excluding hydrogens is 725 g/mol. The van der Waals surface area contributed by atoms with Gasteiger partial charge >= 0.3 is 0 Å². The van der Waals surface area contributed by atoms with E-state index in [-0.39, 0.29) is 0 Å². The lowest BCUT2D eigenvalue weighted by atomic mass is 10.0. The van der Waals surface area contributed by atoms with E-state index in [1.54, 1.807) is 0 Å².